The average molecular weight is 327 g/mol. The fourth-order valence-corrected chi connectivity index (χ4v) is 2.56. The van der Waals surface area contributed by atoms with Gasteiger partial charge in [-0.15, -0.1) is 0 Å². The summed E-state index contributed by atoms with van der Waals surface area (Å²) in [5.74, 6) is 1.89. The summed E-state index contributed by atoms with van der Waals surface area (Å²) < 4.78 is 16.7. The zero-order valence-corrected chi connectivity index (χ0v) is 13.8. The molecule has 1 N–H and O–H groups in total. The lowest BCUT2D eigenvalue weighted by atomic mass is 10.1. The highest BCUT2D eigenvalue weighted by molar-refractivity contribution is 5.82. The van der Waals surface area contributed by atoms with Crippen molar-refractivity contribution in [3.05, 3.63) is 54.1 Å². The molecule has 5 nitrogen and oxygen atoms in total. The molecule has 24 heavy (non-hydrogen) atoms. The molecule has 0 saturated carbocycles. The molecule has 0 aromatic heterocycles. The third kappa shape index (κ3) is 3.62. The van der Waals surface area contributed by atoms with E-state index in [1.54, 1.807) is 6.07 Å². The van der Waals surface area contributed by atoms with Crippen molar-refractivity contribution < 1.29 is 19.0 Å². The maximum Gasteiger partial charge on any atom is 0.265 e. The Morgan fingerprint density at radius 3 is 2.62 bits per heavy atom. The monoisotopic (exact) mass is 327 g/mol. The second-order valence-electron chi connectivity index (χ2n) is 5.60. The average Bonchev–Trinajstić information content (AvgIpc) is 2.62. The van der Waals surface area contributed by atoms with Gasteiger partial charge in [0.05, 0.1) is 12.6 Å². The van der Waals surface area contributed by atoms with Gasteiger partial charge in [0.1, 0.15) is 12.4 Å². The molecule has 1 aliphatic heterocycles. The number of benzene rings is 2. The number of carbonyl (C=O) groups excluding carboxylic acids is 1. The van der Waals surface area contributed by atoms with Crippen LogP contribution in [0.5, 0.6) is 17.2 Å². The van der Waals surface area contributed by atoms with Gasteiger partial charge in [0.2, 0.25) is 6.10 Å². The fourth-order valence-electron chi connectivity index (χ4n) is 2.56. The summed E-state index contributed by atoms with van der Waals surface area (Å²) in [6.45, 7) is 4.72. The molecule has 0 radical (unpaired) electrons. The lowest BCUT2D eigenvalue weighted by Crippen LogP contribution is -2.44. The predicted octanol–water partition coefficient (Wildman–Crippen LogP) is 3.10. The third-order valence-electron chi connectivity index (χ3n) is 3.85. The molecule has 0 spiro atoms. The molecular formula is C19H21NO4. The Hall–Kier alpha value is -2.69. The molecule has 0 aliphatic carbocycles. The van der Waals surface area contributed by atoms with Crippen LogP contribution in [-0.2, 0) is 4.79 Å². The van der Waals surface area contributed by atoms with Crippen LogP contribution in [0.1, 0.15) is 25.5 Å². The van der Waals surface area contributed by atoms with Crippen molar-refractivity contribution in [3.63, 3.8) is 0 Å². The van der Waals surface area contributed by atoms with Crippen molar-refractivity contribution in [1.82, 2.24) is 5.32 Å². The van der Waals surface area contributed by atoms with Crippen LogP contribution in [0.4, 0.5) is 0 Å². The van der Waals surface area contributed by atoms with Gasteiger partial charge in [0.15, 0.2) is 11.5 Å². The second-order valence-corrected chi connectivity index (χ2v) is 5.60. The number of hydrogen-bond acceptors (Lipinski definition) is 4. The molecule has 0 unspecified atom stereocenters. The molecule has 126 valence electrons. The number of para-hydroxylation sites is 2. The standard InChI is InChI=1S/C19H21NO4/c1-3-22-15-10-8-14(9-11-15)13(2)20-19(21)18-12-23-16-6-4-5-7-17(16)24-18/h4-11,13,18H,3,12H2,1-2H3,(H,20,21)/t13-,18+/m1/s1. The van der Waals surface area contributed by atoms with Gasteiger partial charge < -0.3 is 19.5 Å². The van der Waals surface area contributed by atoms with E-state index in [1.807, 2.05) is 56.3 Å². The third-order valence-corrected chi connectivity index (χ3v) is 3.85. The molecule has 2 atom stereocenters. The van der Waals surface area contributed by atoms with Crippen molar-refractivity contribution in [2.24, 2.45) is 0 Å². The Labute approximate surface area is 141 Å². The maximum absolute atomic E-state index is 12.4. The van der Waals surface area contributed by atoms with Crippen LogP contribution < -0.4 is 19.5 Å². The number of carbonyl (C=O) groups is 1. The van der Waals surface area contributed by atoms with Gasteiger partial charge in [-0.3, -0.25) is 4.79 Å². The smallest absolute Gasteiger partial charge is 0.265 e. The van der Waals surface area contributed by atoms with Crippen molar-refractivity contribution in [1.29, 1.82) is 0 Å². The van der Waals surface area contributed by atoms with E-state index in [9.17, 15) is 4.79 Å². The number of hydrogen-bond donors (Lipinski definition) is 1. The van der Waals surface area contributed by atoms with Gasteiger partial charge in [-0.2, -0.15) is 0 Å². The van der Waals surface area contributed by atoms with E-state index >= 15 is 0 Å². The molecule has 2 aromatic carbocycles. The number of nitrogens with one attached hydrogen (secondary N) is 1. The summed E-state index contributed by atoms with van der Waals surface area (Å²) in [7, 11) is 0. The molecule has 0 saturated heterocycles. The van der Waals surface area contributed by atoms with Gasteiger partial charge in [0, 0.05) is 0 Å². The first-order valence-corrected chi connectivity index (χ1v) is 8.09. The minimum atomic E-state index is -0.648. The summed E-state index contributed by atoms with van der Waals surface area (Å²) >= 11 is 0. The van der Waals surface area contributed by atoms with E-state index in [0.717, 1.165) is 11.3 Å². The fraction of sp³-hybridized carbons (Fsp3) is 0.316. The zero-order chi connectivity index (χ0) is 16.9. The molecule has 1 heterocycles. The van der Waals surface area contributed by atoms with Gasteiger partial charge in [0.25, 0.3) is 5.91 Å². The number of rotatable bonds is 5. The summed E-state index contributed by atoms with van der Waals surface area (Å²) in [6, 6.07) is 14.9. The van der Waals surface area contributed by atoms with Crippen LogP contribution in [-0.4, -0.2) is 25.2 Å². The van der Waals surface area contributed by atoms with E-state index in [1.165, 1.54) is 0 Å². The van der Waals surface area contributed by atoms with E-state index in [0.29, 0.717) is 18.1 Å². The Bertz CT molecular complexity index is 699. The number of ether oxygens (including phenoxy) is 3. The zero-order valence-electron chi connectivity index (χ0n) is 13.8. The van der Waals surface area contributed by atoms with Crippen molar-refractivity contribution in [2.45, 2.75) is 26.0 Å². The van der Waals surface area contributed by atoms with E-state index in [-0.39, 0.29) is 18.6 Å². The van der Waals surface area contributed by atoms with E-state index in [4.69, 9.17) is 14.2 Å². The van der Waals surface area contributed by atoms with Gasteiger partial charge >= 0.3 is 0 Å². The van der Waals surface area contributed by atoms with Gasteiger partial charge in [-0.05, 0) is 43.7 Å². The van der Waals surface area contributed by atoms with Crippen LogP contribution >= 0.6 is 0 Å². The quantitative estimate of drug-likeness (QED) is 0.917. The SMILES string of the molecule is CCOc1ccc([C@@H](C)NC(=O)[C@@H]2COc3ccccc3O2)cc1. The molecule has 2 aromatic rings. The van der Waals surface area contributed by atoms with Gasteiger partial charge in [-0.25, -0.2) is 0 Å². The molecule has 0 fully saturated rings. The Kier molecular flexibility index (Phi) is 4.89. The summed E-state index contributed by atoms with van der Waals surface area (Å²) in [6.07, 6.45) is -0.648. The van der Waals surface area contributed by atoms with E-state index in [2.05, 4.69) is 5.32 Å². The van der Waals surface area contributed by atoms with Crippen molar-refractivity contribution >= 4 is 5.91 Å². The minimum absolute atomic E-state index is 0.131. The first-order valence-electron chi connectivity index (χ1n) is 8.09. The summed E-state index contributed by atoms with van der Waals surface area (Å²) in [5.41, 5.74) is 1.00. The Morgan fingerprint density at radius 2 is 1.92 bits per heavy atom. The summed E-state index contributed by atoms with van der Waals surface area (Å²) in [4.78, 5) is 12.4. The first-order chi connectivity index (χ1) is 11.7. The lowest BCUT2D eigenvalue weighted by Gasteiger charge is -2.26. The highest BCUT2D eigenvalue weighted by atomic mass is 16.6. The van der Waals surface area contributed by atoms with Crippen molar-refractivity contribution in [3.8, 4) is 17.2 Å². The molecule has 1 aliphatic rings. The maximum atomic E-state index is 12.4. The highest BCUT2D eigenvalue weighted by Gasteiger charge is 2.28. The summed E-state index contributed by atoms with van der Waals surface area (Å²) in [5, 5.41) is 2.96. The van der Waals surface area contributed by atoms with Crippen LogP contribution in [0.15, 0.2) is 48.5 Å². The van der Waals surface area contributed by atoms with Crippen molar-refractivity contribution in [2.75, 3.05) is 13.2 Å². The highest BCUT2D eigenvalue weighted by Crippen LogP contribution is 2.31. The first kappa shape index (κ1) is 16.2. The molecule has 0 bridgehead atoms. The largest absolute Gasteiger partial charge is 0.494 e. The Morgan fingerprint density at radius 1 is 1.21 bits per heavy atom. The van der Waals surface area contributed by atoms with Gasteiger partial charge in [-0.1, -0.05) is 24.3 Å². The molecule has 1 amide bonds. The molecule has 5 heteroatoms. The number of amides is 1. The minimum Gasteiger partial charge on any atom is -0.494 e. The molecular weight excluding hydrogens is 306 g/mol. The number of fused-ring (bicyclic) bond motifs is 1. The topological polar surface area (TPSA) is 56.8 Å². The lowest BCUT2D eigenvalue weighted by molar-refractivity contribution is -0.131. The Balaban J connectivity index is 1.60. The van der Waals surface area contributed by atoms with E-state index < -0.39 is 6.10 Å². The van der Waals surface area contributed by atoms with Crippen LogP contribution in [0.2, 0.25) is 0 Å². The van der Waals surface area contributed by atoms with Crippen LogP contribution in [0, 0.1) is 0 Å². The van der Waals surface area contributed by atoms with Crippen LogP contribution in [0.25, 0.3) is 0 Å². The predicted molar refractivity (Wildman–Crippen MR) is 90.5 cm³/mol. The normalized spacial score (nSPS) is 17.0. The van der Waals surface area contributed by atoms with Crippen LogP contribution in [0.3, 0.4) is 0 Å². The molecule has 3 rings (SSSR count). The second kappa shape index (κ2) is 7.25.